The van der Waals surface area contributed by atoms with Crippen molar-refractivity contribution in [2.75, 3.05) is 0 Å². The molecule has 1 aromatic heterocycles. The Bertz CT molecular complexity index is 1040. The molecule has 0 radical (unpaired) electrons. The SMILES string of the molecule is Cc1ccc2cc[nH]c2c1.Cc1cccc2c1Oc1ccccc1S2. The fourth-order valence-corrected chi connectivity index (χ4v) is 3.88. The van der Waals surface area contributed by atoms with E-state index < -0.39 is 0 Å². The summed E-state index contributed by atoms with van der Waals surface area (Å²) in [6.07, 6.45) is 1.96. The molecule has 25 heavy (non-hydrogen) atoms. The molecule has 1 aliphatic rings. The number of H-pyrrole nitrogens is 1. The lowest BCUT2D eigenvalue weighted by atomic mass is 10.2. The van der Waals surface area contributed by atoms with Crippen molar-refractivity contribution in [1.82, 2.24) is 4.98 Å². The smallest absolute Gasteiger partial charge is 0.144 e. The maximum Gasteiger partial charge on any atom is 0.144 e. The zero-order chi connectivity index (χ0) is 17.2. The van der Waals surface area contributed by atoms with E-state index in [1.54, 1.807) is 11.8 Å². The van der Waals surface area contributed by atoms with E-state index in [9.17, 15) is 0 Å². The van der Waals surface area contributed by atoms with Crippen LogP contribution in [0, 0.1) is 13.8 Å². The molecule has 124 valence electrons. The summed E-state index contributed by atoms with van der Waals surface area (Å²) in [6, 6.07) is 22.9. The summed E-state index contributed by atoms with van der Waals surface area (Å²) in [5.74, 6) is 1.96. The Hall–Kier alpha value is -2.65. The lowest BCUT2D eigenvalue weighted by Crippen LogP contribution is -1.96. The Morgan fingerprint density at radius 2 is 1.68 bits per heavy atom. The van der Waals surface area contributed by atoms with Gasteiger partial charge in [-0.05, 0) is 60.7 Å². The molecule has 0 amide bonds. The number of benzene rings is 3. The van der Waals surface area contributed by atoms with E-state index in [0.717, 1.165) is 11.5 Å². The quantitative estimate of drug-likeness (QED) is 0.337. The van der Waals surface area contributed by atoms with Crippen LogP contribution in [0.4, 0.5) is 0 Å². The van der Waals surface area contributed by atoms with Gasteiger partial charge >= 0.3 is 0 Å². The number of hydrogen-bond acceptors (Lipinski definition) is 2. The van der Waals surface area contributed by atoms with Crippen molar-refractivity contribution in [3.63, 3.8) is 0 Å². The van der Waals surface area contributed by atoms with E-state index in [4.69, 9.17) is 4.74 Å². The molecule has 0 saturated carbocycles. The van der Waals surface area contributed by atoms with Gasteiger partial charge in [0, 0.05) is 11.7 Å². The number of ether oxygens (including phenoxy) is 1. The third kappa shape index (κ3) is 3.28. The molecule has 1 N–H and O–H groups in total. The number of aryl methyl sites for hydroxylation is 2. The lowest BCUT2D eigenvalue weighted by molar-refractivity contribution is 0.451. The van der Waals surface area contributed by atoms with Gasteiger partial charge in [-0.3, -0.25) is 0 Å². The van der Waals surface area contributed by atoms with Crippen LogP contribution in [0.5, 0.6) is 11.5 Å². The molecule has 2 nitrogen and oxygen atoms in total. The third-order valence-electron chi connectivity index (χ3n) is 4.17. The number of rotatable bonds is 0. The van der Waals surface area contributed by atoms with E-state index in [0.29, 0.717) is 0 Å². The Kier molecular flexibility index (Phi) is 4.24. The van der Waals surface area contributed by atoms with Crippen LogP contribution in [0.1, 0.15) is 11.1 Å². The molecule has 3 aromatic carbocycles. The van der Waals surface area contributed by atoms with Gasteiger partial charge in [0.05, 0.1) is 9.79 Å². The number of para-hydroxylation sites is 2. The van der Waals surface area contributed by atoms with Gasteiger partial charge in [0.25, 0.3) is 0 Å². The van der Waals surface area contributed by atoms with Gasteiger partial charge in [0.2, 0.25) is 0 Å². The lowest BCUT2D eigenvalue weighted by Gasteiger charge is -2.20. The van der Waals surface area contributed by atoms with Gasteiger partial charge in [-0.15, -0.1) is 0 Å². The van der Waals surface area contributed by atoms with Crippen LogP contribution in [0.25, 0.3) is 10.9 Å². The number of fused-ring (bicyclic) bond motifs is 3. The summed E-state index contributed by atoms with van der Waals surface area (Å²) in [4.78, 5) is 5.55. The molecular formula is C22H19NOS. The minimum Gasteiger partial charge on any atom is -0.455 e. The maximum absolute atomic E-state index is 5.89. The van der Waals surface area contributed by atoms with Crippen molar-refractivity contribution < 1.29 is 4.74 Å². The zero-order valence-corrected chi connectivity index (χ0v) is 15.1. The van der Waals surface area contributed by atoms with Crippen molar-refractivity contribution in [3.8, 4) is 11.5 Å². The van der Waals surface area contributed by atoms with Crippen molar-refractivity contribution in [1.29, 1.82) is 0 Å². The normalized spacial score (nSPS) is 11.8. The zero-order valence-electron chi connectivity index (χ0n) is 14.2. The molecule has 0 saturated heterocycles. The molecule has 0 aliphatic carbocycles. The molecule has 0 fully saturated rings. The Morgan fingerprint density at radius 3 is 2.60 bits per heavy atom. The maximum atomic E-state index is 5.89. The van der Waals surface area contributed by atoms with Crippen molar-refractivity contribution >= 4 is 22.7 Å². The van der Waals surface area contributed by atoms with Crippen molar-refractivity contribution in [2.24, 2.45) is 0 Å². The molecular weight excluding hydrogens is 326 g/mol. The van der Waals surface area contributed by atoms with Gasteiger partial charge in [-0.2, -0.15) is 0 Å². The average Bonchev–Trinajstić information content (AvgIpc) is 3.09. The van der Waals surface area contributed by atoms with Crippen LogP contribution in [0.2, 0.25) is 0 Å². The Labute approximate surface area is 151 Å². The minimum absolute atomic E-state index is 0.962. The van der Waals surface area contributed by atoms with Gasteiger partial charge in [0.15, 0.2) is 0 Å². The summed E-state index contributed by atoms with van der Waals surface area (Å²) in [6.45, 7) is 4.17. The number of nitrogens with one attached hydrogen (secondary N) is 1. The molecule has 5 rings (SSSR count). The first-order valence-corrected chi connectivity index (χ1v) is 9.10. The molecule has 0 unspecified atom stereocenters. The standard InChI is InChI=1S/C13H10OS.C9H9N/c1-9-5-4-8-12-13(9)14-10-6-2-3-7-11(10)15-12;1-7-2-3-8-4-5-10-9(8)6-7/h2-8H,1H3;2-6,10H,1H3. The van der Waals surface area contributed by atoms with Gasteiger partial charge in [-0.1, -0.05) is 48.2 Å². The highest BCUT2D eigenvalue weighted by Crippen LogP contribution is 2.47. The summed E-state index contributed by atoms with van der Waals surface area (Å²) in [7, 11) is 0. The third-order valence-corrected chi connectivity index (χ3v) is 5.27. The van der Waals surface area contributed by atoms with E-state index >= 15 is 0 Å². The van der Waals surface area contributed by atoms with Crippen LogP contribution in [-0.2, 0) is 0 Å². The van der Waals surface area contributed by atoms with Crippen molar-refractivity contribution in [3.05, 3.63) is 84.1 Å². The summed E-state index contributed by atoms with van der Waals surface area (Å²) >= 11 is 1.77. The molecule has 0 atom stereocenters. The second kappa shape index (κ2) is 6.69. The topological polar surface area (TPSA) is 25.0 Å². The molecule has 4 aromatic rings. The Morgan fingerprint density at radius 1 is 0.840 bits per heavy atom. The Balaban J connectivity index is 0.000000136. The van der Waals surface area contributed by atoms with E-state index in [1.165, 1.54) is 31.8 Å². The highest BCUT2D eigenvalue weighted by molar-refractivity contribution is 7.99. The summed E-state index contributed by atoms with van der Waals surface area (Å²) in [5.41, 5.74) is 3.71. The molecule has 3 heteroatoms. The highest BCUT2D eigenvalue weighted by atomic mass is 32.2. The number of aromatic amines is 1. The second-order valence-corrected chi connectivity index (χ2v) is 7.21. The fourth-order valence-electron chi connectivity index (χ4n) is 2.85. The van der Waals surface area contributed by atoms with E-state index in [1.807, 2.05) is 24.4 Å². The molecule has 0 bridgehead atoms. The monoisotopic (exact) mass is 345 g/mol. The van der Waals surface area contributed by atoms with Crippen LogP contribution in [0.15, 0.2) is 82.7 Å². The van der Waals surface area contributed by atoms with Crippen LogP contribution >= 0.6 is 11.8 Å². The van der Waals surface area contributed by atoms with Crippen LogP contribution < -0.4 is 4.74 Å². The van der Waals surface area contributed by atoms with Crippen molar-refractivity contribution in [2.45, 2.75) is 23.6 Å². The fraction of sp³-hybridized carbons (Fsp3) is 0.0909. The summed E-state index contributed by atoms with van der Waals surface area (Å²) in [5, 5.41) is 1.28. The van der Waals surface area contributed by atoms with Gasteiger partial charge < -0.3 is 9.72 Å². The minimum atomic E-state index is 0.962. The first kappa shape index (κ1) is 15.9. The number of hydrogen-bond donors (Lipinski definition) is 1. The number of aromatic nitrogens is 1. The predicted octanol–water partition coefficient (Wildman–Crippen LogP) is 6.73. The predicted molar refractivity (Wildman–Crippen MR) is 105 cm³/mol. The highest BCUT2D eigenvalue weighted by Gasteiger charge is 2.18. The first-order chi connectivity index (χ1) is 12.2. The second-order valence-electron chi connectivity index (χ2n) is 6.12. The van der Waals surface area contributed by atoms with Gasteiger partial charge in [-0.25, -0.2) is 0 Å². The molecule has 1 aliphatic heterocycles. The van der Waals surface area contributed by atoms with E-state index in [2.05, 4.69) is 67.4 Å². The molecule has 2 heterocycles. The van der Waals surface area contributed by atoms with Crippen LogP contribution in [0.3, 0.4) is 0 Å². The molecule has 0 spiro atoms. The average molecular weight is 345 g/mol. The summed E-state index contributed by atoms with van der Waals surface area (Å²) < 4.78 is 5.89. The van der Waals surface area contributed by atoms with E-state index in [-0.39, 0.29) is 0 Å². The van der Waals surface area contributed by atoms with Gasteiger partial charge in [0.1, 0.15) is 11.5 Å². The first-order valence-electron chi connectivity index (χ1n) is 8.29. The largest absolute Gasteiger partial charge is 0.455 e. The van der Waals surface area contributed by atoms with Crippen LogP contribution in [-0.4, -0.2) is 4.98 Å².